The Morgan fingerprint density at radius 3 is 2.69 bits per heavy atom. The largest absolute Gasteiger partial charge is 0.476 e. The van der Waals surface area contributed by atoms with Gasteiger partial charge in [-0.15, -0.1) is 16.4 Å². The zero-order chi connectivity index (χ0) is 17.3. The Bertz CT molecular complexity index is 884. The summed E-state index contributed by atoms with van der Waals surface area (Å²) in [6.07, 6.45) is 6.37. The lowest BCUT2D eigenvalue weighted by Crippen LogP contribution is -2.36. The van der Waals surface area contributed by atoms with E-state index in [0.717, 1.165) is 42.3 Å². The summed E-state index contributed by atoms with van der Waals surface area (Å²) in [5, 5.41) is 11.7. The lowest BCUT2D eigenvalue weighted by Gasteiger charge is -2.32. The Kier molecular flexibility index (Phi) is 4.16. The molecule has 4 heterocycles. The number of piperidine rings is 1. The fraction of sp³-hybridized carbons (Fsp3) is 0.474. The fourth-order valence-corrected chi connectivity index (χ4v) is 4.28. The first-order valence-electron chi connectivity index (χ1n) is 9.26. The summed E-state index contributed by atoms with van der Waals surface area (Å²) in [7, 11) is 0. The van der Waals surface area contributed by atoms with Crippen LogP contribution in [-0.4, -0.2) is 39.9 Å². The summed E-state index contributed by atoms with van der Waals surface area (Å²) < 4.78 is 5.88. The maximum Gasteiger partial charge on any atom is 0.233 e. The SMILES string of the molecule is c1nc(N2CCC(COc3ccc(C4CC4)nn3)CC2)c2ccsc2n1. The molecule has 0 radical (unpaired) electrons. The van der Waals surface area contributed by atoms with Crippen LogP contribution < -0.4 is 9.64 Å². The summed E-state index contributed by atoms with van der Waals surface area (Å²) in [5.41, 5.74) is 1.11. The minimum Gasteiger partial charge on any atom is -0.476 e. The first-order valence-corrected chi connectivity index (χ1v) is 10.1. The molecule has 3 aromatic rings. The molecule has 1 aliphatic heterocycles. The van der Waals surface area contributed by atoms with E-state index in [4.69, 9.17) is 4.74 Å². The molecule has 1 saturated carbocycles. The molecule has 0 aromatic carbocycles. The molecule has 134 valence electrons. The molecule has 1 saturated heterocycles. The van der Waals surface area contributed by atoms with Crippen molar-refractivity contribution in [3.8, 4) is 5.88 Å². The van der Waals surface area contributed by atoms with Crippen LogP contribution in [0.1, 0.15) is 37.3 Å². The van der Waals surface area contributed by atoms with E-state index in [2.05, 4.69) is 42.6 Å². The monoisotopic (exact) mass is 367 g/mol. The maximum atomic E-state index is 5.88. The Hall–Kier alpha value is -2.28. The molecule has 0 bridgehead atoms. The molecule has 0 spiro atoms. The molecule has 3 aromatic heterocycles. The minimum atomic E-state index is 0.552. The van der Waals surface area contributed by atoms with Crippen LogP contribution in [0.3, 0.4) is 0 Å². The molecular formula is C19H21N5OS. The highest BCUT2D eigenvalue weighted by Gasteiger charge is 2.25. The van der Waals surface area contributed by atoms with Crippen LogP contribution in [0.2, 0.25) is 0 Å². The van der Waals surface area contributed by atoms with Gasteiger partial charge in [0.05, 0.1) is 17.7 Å². The second-order valence-corrected chi connectivity index (χ2v) is 8.04. The van der Waals surface area contributed by atoms with Crippen molar-refractivity contribution in [1.29, 1.82) is 0 Å². The molecule has 7 heteroatoms. The van der Waals surface area contributed by atoms with Crippen molar-refractivity contribution in [3.05, 3.63) is 35.6 Å². The third-order valence-corrected chi connectivity index (χ3v) is 6.10. The molecular weight excluding hydrogens is 346 g/mol. The number of hydrogen-bond acceptors (Lipinski definition) is 7. The molecule has 2 fully saturated rings. The average Bonchev–Trinajstić information content (AvgIpc) is 3.43. The van der Waals surface area contributed by atoms with E-state index in [9.17, 15) is 0 Å². The van der Waals surface area contributed by atoms with E-state index >= 15 is 0 Å². The van der Waals surface area contributed by atoms with Crippen molar-refractivity contribution >= 4 is 27.4 Å². The number of hydrogen-bond donors (Lipinski definition) is 0. The topological polar surface area (TPSA) is 64.0 Å². The van der Waals surface area contributed by atoms with Crippen LogP contribution in [0, 0.1) is 5.92 Å². The van der Waals surface area contributed by atoms with Gasteiger partial charge in [0.2, 0.25) is 5.88 Å². The normalized spacial score (nSPS) is 18.4. The van der Waals surface area contributed by atoms with Gasteiger partial charge in [-0.3, -0.25) is 0 Å². The Morgan fingerprint density at radius 1 is 1.04 bits per heavy atom. The van der Waals surface area contributed by atoms with Crippen molar-refractivity contribution in [2.75, 3.05) is 24.6 Å². The van der Waals surface area contributed by atoms with E-state index in [1.54, 1.807) is 17.7 Å². The molecule has 0 unspecified atom stereocenters. The highest BCUT2D eigenvalue weighted by atomic mass is 32.1. The van der Waals surface area contributed by atoms with Crippen LogP contribution in [0.25, 0.3) is 10.2 Å². The Morgan fingerprint density at radius 2 is 1.92 bits per heavy atom. The van der Waals surface area contributed by atoms with Crippen LogP contribution in [0.4, 0.5) is 5.82 Å². The predicted molar refractivity (Wildman–Crippen MR) is 102 cm³/mol. The lowest BCUT2D eigenvalue weighted by molar-refractivity contribution is 0.214. The number of rotatable bonds is 5. The highest BCUT2D eigenvalue weighted by molar-refractivity contribution is 7.16. The number of ether oxygens (including phenoxy) is 1. The second-order valence-electron chi connectivity index (χ2n) is 7.15. The minimum absolute atomic E-state index is 0.552. The summed E-state index contributed by atoms with van der Waals surface area (Å²) >= 11 is 1.67. The van der Waals surface area contributed by atoms with Crippen LogP contribution in [-0.2, 0) is 0 Å². The molecule has 0 N–H and O–H groups in total. The van der Waals surface area contributed by atoms with Crippen LogP contribution >= 0.6 is 11.3 Å². The van der Waals surface area contributed by atoms with Crippen molar-refractivity contribution < 1.29 is 4.74 Å². The molecule has 26 heavy (non-hydrogen) atoms. The highest BCUT2D eigenvalue weighted by Crippen LogP contribution is 2.38. The summed E-state index contributed by atoms with van der Waals surface area (Å²) in [6, 6.07) is 6.14. The van der Waals surface area contributed by atoms with Crippen molar-refractivity contribution in [3.63, 3.8) is 0 Å². The Balaban J connectivity index is 1.16. The molecule has 0 amide bonds. The van der Waals surface area contributed by atoms with E-state index in [-0.39, 0.29) is 0 Å². The van der Waals surface area contributed by atoms with E-state index in [0.29, 0.717) is 24.3 Å². The quantitative estimate of drug-likeness (QED) is 0.686. The zero-order valence-corrected chi connectivity index (χ0v) is 15.4. The van der Waals surface area contributed by atoms with E-state index in [1.165, 1.54) is 18.2 Å². The Labute approximate surface area is 156 Å². The van der Waals surface area contributed by atoms with E-state index < -0.39 is 0 Å². The van der Waals surface area contributed by atoms with Gasteiger partial charge in [0.15, 0.2) is 0 Å². The smallest absolute Gasteiger partial charge is 0.233 e. The first kappa shape index (κ1) is 15.9. The van der Waals surface area contributed by atoms with Gasteiger partial charge in [0.25, 0.3) is 0 Å². The van der Waals surface area contributed by atoms with Gasteiger partial charge in [-0.2, -0.15) is 5.10 Å². The molecule has 5 rings (SSSR count). The molecule has 6 nitrogen and oxygen atoms in total. The van der Waals surface area contributed by atoms with Crippen LogP contribution in [0.15, 0.2) is 29.9 Å². The number of anilines is 1. The zero-order valence-electron chi connectivity index (χ0n) is 14.5. The van der Waals surface area contributed by atoms with Crippen molar-refractivity contribution in [1.82, 2.24) is 20.2 Å². The predicted octanol–water partition coefficient (Wildman–Crippen LogP) is 3.65. The van der Waals surface area contributed by atoms with Crippen molar-refractivity contribution in [2.24, 2.45) is 5.92 Å². The maximum absolute atomic E-state index is 5.88. The number of fused-ring (bicyclic) bond motifs is 1. The van der Waals surface area contributed by atoms with Gasteiger partial charge in [-0.1, -0.05) is 0 Å². The summed E-state index contributed by atoms with van der Waals surface area (Å²) in [6.45, 7) is 2.72. The second kappa shape index (κ2) is 6.79. The lowest BCUT2D eigenvalue weighted by atomic mass is 9.98. The van der Waals surface area contributed by atoms with Crippen molar-refractivity contribution in [2.45, 2.75) is 31.6 Å². The van der Waals surface area contributed by atoms with Gasteiger partial charge >= 0.3 is 0 Å². The number of thiophene rings is 1. The third-order valence-electron chi connectivity index (χ3n) is 5.28. The van der Waals surface area contributed by atoms with Crippen LogP contribution in [0.5, 0.6) is 5.88 Å². The summed E-state index contributed by atoms with van der Waals surface area (Å²) in [5.74, 6) is 2.90. The van der Waals surface area contributed by atoms with E-state index in [1.807, 2.05) is 6.07 Å². The van der Waals surface area contributed by atoms with Gasteiger partial charge in [-0.25, -0.2) is 9.97 Å². The first-order chi connectivity index (χ1) is 12.9. The summed E-state index contributed by atoms with van der Waals surface area (Å²) in [4.78, 5) is 12.3. The third kappa shape index (κ3) is 3.23. The fourth-order valence-electron chi connectivity index (χ4n) is 3.55. The molecule has 0 atom stereocenters. The standard InChI is InChI=1S/C19H21N5OS/c1-2-14(1)16-3-4-17(23-22-16)25-11-13-5-8-24(9-6-13)18-15-7-10-26-19(15)21-12-20-18/h3-4,7,10,12-14H,1-2,5-6,8-9,11H2. The number of nitrogens with zero attached hydrogens (tertiary/aromatic N) is 5. The average molecular weight is 367 g/mol. The van der Waals surface area contributed by atoms with Gasteiger partial charge < -0.3 is 9.64 Å². The molecule has 2 aliphatic rings. The number of aromatic nitrogens is 4. The molecule has 1 aliphatic carbocycles. The van der Waals surface area contributed by atoms with Gasteiger partial charge in [0, 0.05) is 25.1 Å². The van der Waals surface area contributed by atoms with Gasteiger partial charge in [0.1, 0.15) is 17.0 Å². The van der Waals surface area contributed by atoms with Gasteiger partial charge in [-0.05, 0) is 49.1 Å².